The van der Waals surface area contributed by atoms with Gasteiger partial charge in [-0.2, -0.15) is 18.2 Å². The molecule has 0 unspecified atom stereocenters. The Hall–Kier alpha value is -3.31. The zero-order chi connectivity index (χ0) is 25.9. The summed E-state index contributed by atoms with van der Waals surface area (Å²) >= 11 is 5.61. The van der Waals surface area contributed by atoms with Crippen LogP contribution in [0.25, 0.3) is 0 Å². The molecule has 194 valence electrons. The number of hydrogen-bond donors (Lipinski definition) is 0. The van der Waals surface area contributed by atoms with E-state index in [4.69, 9.17) is 25.8 Å². The van der Waals surface area contributed by atoms with E-state index in [2.05, 4.69) is 9.88 Å². The number of rotatable bonds is 5. The predicted octanol–water partition coefficient (Wildman–Crippen LogP) is 5.18. The summed E-state index contributed by atoms with van der Waals surface area (Å²) in [5, 5.41) is -0.482. The fraction of sp³-hybridized carbons (Fsp3) is 0.360. The Morgan fingerprint density at radius 2 is 2.03 bits per heavy atom. The minimum absolute atomic E-state index is 0.0802. The lowest BCUT2D eigenvalue weighted by Crippen LogP contribution is -2.62. The summed E-state index contributed by atoms with van der Waals surface area (Å²) in [6, 6.07) is 8.62. The Labute approximate surface area is 213 Å². The highest BCUT2D eigenvalue weighted by Gasteiger charge is 2.52. The molecule has 5 heterocycles. The number of nitrogens with zero attached hydrogens (tertiary/aromatic N) is 3. The predicted molar refractivity (Wildman–Crippen MR) is 125 cm³/mol. The minimum Gasteiger partial charge on any atom is -0.473 e. The fourth-order valence-electron chi connectivity index (χ4n) is 5.16. The van der Waals surface area contributed by atoms with Crippen LogP contribution >= 0.6 is 11.6 Å². The first-order valence-electron chi connectivity index (χ1n) is 11.6. The lowest BCUT2D eigenvalue weighted by atomic mass is 9.84. The molecule has 7 nitrogen and oxygen atoms in total. The zero-order valence-electron chi connectivity index (χ0n) is 19.2. The van der Waals surface area contributed by atoms with E-state index >= 15 is 0 Å². The summed E-state index contributed by atoms with van der Waals surface area (Å²) in [6.45, 7) is 1.71. The van der Waals surface area contributed by atoms with Crippen molar-refractivity contribution < 1.29 is 31.8 Å². The van der Waals surface area contributed by atoms with E-state index in [1.54, 1.807) is 10.6 Å². The van der Waals surface area contributed by atoms with E-state index in [0.717, 1.165) is 30.8 Å². The summed E-state index contributed by atoms with van der Waals surface area (Å²) < 4.78 is 72.4. The summed E-state index contributed by atoms with van der Waals surface area (Å²) in [4.78, 5) is 18.9. The van der Waals surface area contributed by atoms with E-state index in [1.165, 1.54) is 18.2 Å². The lowest BCUT2D eigenvalue weighted by Gasteiger charge is -2.50. The minimum atomic E-state index is -4.67. The standard InChI is InChI=1S/C25H20ClF4N3O4/c26-18-3-2-15(8-17(18)25(28,29)30)37-20-4-1-14(7-19(20)27)11-35-21-9-22-32(23(34)31-21)12-24-6-5-16(36-13-24)10-33(22)24/h1-4,7-9,16H,5-6,10-13H2/t16-,24+/m0/s1. The first-order valence-corrected chi connectivity index (χ1v) is 12.0. The molecule has 2 atom stereocenters. The first kappa shape index (κ1) is 24.1. The smallest absolute Gasteiger partial charge is 0.417 e. The Kier molecular flexibility index (Phi) is 5.61. The topological polar surface area (TPSA) is 65.8 Å². The molecule has 3 fully saturated rings. The maximum atomic E-state index is 14.7. The molecule has 0 aliphatic carbocycles. The SMILES string of the molecule is O=c1nc(OCc2ccc(Oc3ccc(Cl)c(C(F)(F)F)c3)c(F)c2)cc2n1C[C@@]13CC[C@@H](CN21)OC3. The molecule has 0 N–H and O–H groups in total. The number of fused-ring (bicyclic) bond motifs is 3. The molecule has 0 saturated carbocycles. The summed E-state index contributed by atoms with van der Waals surface area (Å²) in [5.41, 5.74) is -1.31. The van der Waals surface area contributed by atoms with Gasteiger partial charge in [-0.3, -0.25) is 4.57 Å². The molecule has 7 rings (SSSR count). The molecule has 12 heteroatoms. The number of ether oxygens (including phenoxy) is 3. The normalized spacial score (nSPS) is 22.1. The van der Waals surface area contributed by atoms with Crippen molar-refractivity contribution in [2.45, 2.75) is 43.8 Å². The van der Waals surface area contributed by atoms with Gasteiger partial charge in [-0.05, 0) is 48.7 Å². The molecule has 37 heavy (non-hydrogen) atoms. The maximum Gasteiger partial charge on any atom is 0.417 e. The first-order chi connectivity index (χ1) is 17.6. The second-order valence-corrected chi connectivity index (χ2v) is 9.83. The van der Waals surface area contributed by atoms with E-state index < -0.39 is 28.3 Å². The average Bonchev–Trinajstić information content (AvgIpc) is 3.20. The van der Waals surface area contributed by atoms with E-state index in [0.29, 0.717) is 31.3 Å². The van der Waals surface area contributed by atoms with Crippen LogP contribution in [-0.4, -0.2) is 34.3 Å². The van der Waals surface area contributed by atoms with Crippen molar-refractivity contribution in [1.82, 2.24) is 9.55 Å². The van der Waals surface area contributed by atoms with Crippen molar-refractivity contribution in [3.63, 3.8) is 0 Å². The van der Waals surface area contributed by atoms with Crippen LogP contribution in [0.5, 0.6) is 17.4 Å². The number of piperidine rings is 1. The molecule has 0 amide bonds. The molecular weight excluding hydrogens is 518 g/mol. The van der Waals surface area contributed by atoms with Crippen LogP contribution in [0, 0.1) is 5.82 Å². The van der Waals surface area contributed by atoms with Gasteiger partial charge < -0.3 is 19.1 Å². The Balaban J connectivity index is 1.16. The van der Waals surface area contributed by atoms with Crippen molar-refractivity contribution in [2.75, 3.05) is 18.1 Å². The van der Waals surface area contributed by atoms with Crippen LogP contribution < -0.4 is 20.1 Å². The molecule has 4 aliphatic heterocycles. The molecule has 1 spiro atoms. The van der Waals surface area contributed by atoms with Crippen LogP contribution in [0.1, 0.15) is 24.0 Å². The third-order valence-corrected chi connectivity index (χ3v) is 7.36. The van der Waals surface area contributed by atoms with Gasteiger partial charge in [-0.15, -0.1) is 0 Å². The van der Waals surface area contributed by atoms with Crippen LogP contribution in [0.4, 0.5) is 23.4 Å². The Morgan fingerprint density at radius 1 is 1.19 bits per heavy atom. The largest absolute Gasteiger partial charge is 0.473 e. The zero-order valence-corrected chi connectivity index (χ0v) is 20.0. The number of anilines is 1. The summed E-state index contributed by atoms with van der Waals surface area (Å²) in [7, 11) is 0. The third kappa shape index (κ3) is 4.29. The number of alkyl halides is 3. The number of benzene rings is 2. The number of hydrogen-bond acceptors (Lipinski definition) is 6. The second kappa shape index (κ2) is 8.63. The monoisotopic (exact) mass is 537 g/mol. The van der Waals surface area contributed by atoms with Gasteiger partial charge in [0.1, 0.15) is 18.2 Å². The Bertz CT molecular complexity index is 1440. The van der Waals surface area contributed by atoms with Gasteiger partial charge in [0, 0.05) is 12.6 Å². The fourth-order valence-corrected chi connectivity index (χ4v) is 5.38. The Morgan fingerprint density at radius 3 is 2.76 bits per heavy atom. The number of morpholine rings is 1. The maximum absolute atomic E-state index is 14.7. The van der Waals surface area contributed by atoms with Crippen molar-refractivity contribution in [3.05, 3.63) is 74.9 Å². The highest BCUT2D eigenvalue weighted by atomic mass is 35.5. The van der Waals surface area contributed by atoms with Crippen LogP contribution in [-0.2, 0) is 24.1 Å². The molecule has 3 aromatic rings. The van der Waals surface area contributed by atoms with Gasteiger partial charge in [-0.25, -0.2) is 9.18 Å². The number of aromatic nitrogens is 2. The quantitative estimate of drug-likeness (QED) is 0.418. The molecule has 3 saturated heterocycles. The number of halogens is 5. The molecular formula is C25H20ClF4N3O4. The van der Waals surface area contributed by atoms with Crippen LogP contribution in [0.15, 0.2) is 47.3 Å². The van der Waals surface area contributed by atoms with Gasteiger partial charge >= 0.3 is 11.9 Å². The highest BCUT2D eigenvalue weighted by molar-refractivity contribution is 6.31. The van der Waals surface area contributed by atoms with E-state index in [1.807, 2.05) is 0 Å². The van der Waals surface area contributed by atoms with Gasteiger partial charge in [0.15, 0.2) is 11.6 Å². The van der Waals surface area contributed by atoms with Crippen molar-refractivity contribution in [3.8, 4) is 17.4 Å². The second-order valence-electron chi connectivity index (χ2n) is 9.42. The summed E-state index contributed by atoms with van der Waals surface area (Å²) in [6.07, 6.45) is -2.64. The van der Waals surface area contributed by atoms with Gasteiger partial charge in [-0.1, -0.05) is 17.7 Å². The van der Waals surface area contributed by atoms with Crippen molar-refractivity contribution in [1.29, 1.82) is 0 Å². The van der Waals surface area contributed by atoms with Crippen LogP contribution in [0.3, 0.4) is 0 Å². The molecule has 4 aliphatic rings. The van der Waals surface area contributed by atoms with Gasteiger partial charge in [0.05, 0.1) is 35.4 Å². The van der Waals surface area contributed by atoms with Crippen LogP contribution in [0.2, 0.25) is 5.02 Å². The lowest BCUT2D eigenvalue weighted by molar-refractivity contribution is -0.137. The van der Waals surface area contributed by atoms with Gasteiger partial charge in [0.2, 0.25) is 5.88 Å². The highest BCUT2D eigenvalue weighted by Crippen LogP contribution is 2.44. The third-order valence-electron chi connectivity index (χ3n) is 7.03. The summed E-state index contributed by atoms with van der Waals surface area (Å²) in [5.74, 6) is -0.410. The van der Waals surface area contributed by atoms with E-state index in [-0.39, 0.29) is 35.6 Å². The average molecular weight is 538 g/mol. The van der Waals surface area contributed by atoms with Crippen molar-refractivity contribution >= 4 is 17.4 Å². The molecule has 2 aromatic carbocycles. The van der Waals surface area contributed by atoms with Crippen molar-refractivity contribution in [2.24, 2.45) is 0 Å². The van der Waals surface area contributed by atoms with Gasteiger partial charge in [0.25, 0.3) is 0 Å². The molecule has 0 radical (unpaired) electrons. The molecule has 1 aromatic heterocycles. The van der Waals surface area contributed by atoms with E-state index in [9.17, 15) is 22.4 Å². The molecule has 2 bridgehead atoms.